The van der Waals surface area contributed by atoms with Gasteiger partial charge in [0.05, 0.1) is 18.2 Å². The average molecular weight is 268 g/mol. The number of methoxy groups -OCH3 is 1. The van der Waals surface area contributed by atoms with Crippen molar-refractivity contribution in [1.82, 2.24) is 10.6 Å². The summed E-state index contributed by atoms with van der Waals surface area (Å²) in [6.45, 7) is 2.84. The zero-order valence-electron chi connectivity index (χ0n) is 10.8. The van der Waals surface area contributed by atoms with Gasteiger partial charge in [-0.15, -0.1) is 11.3 Å². The van der Waals surface area contributed by atoms with Gasteiger partial charge in [0, 0.05) is 18.5 Å². The molecule has 100 valence electrons. The quantitative estimate of drug-likeness (QED) is 0.854. The highest BCUT2D eigenvalue weighted by Crippen LogP contribution is 2.22. The summed E-state index contributed by atoms with van der Waals surface area (Å²) in [5, 5.41) is 8.35. The van der Waals surface area contributed by atoms with E-state index in [2.05, 4.69) is 23.6 Å². The lowest BCUT2D eigenvalue weighted by Gasteiger charge is -2.18. The molecule has 3 unspecified atom stereocenters. The second-order valence-electron chi connectivity index (χ2n) is 4.54. The van der Waals surface area contributed by atoms with Crippen molar-refractivity contribution in [3.05, 3.63) is 22.4 Å². The zero-order valence-corrected chi connectivity index (χ0v) is 11.6. The van der Waals surface area contributed by atoms with Crippen LogP contribution in [0.5, 0.6) is 0 Å². The van der Waals surface area contributed by atoms with Crippen molar-refractivity contribution in [1.29, 1.82) is 0 Å². The number of hydrogen-bond acceptors (Lipinski definition) is 4. The smallest absolute Gasteiger partial charge is 0.237 e. The largest absolute Gasteiger partial charge is 0.380 e. The third-order valence-electron chi connectivity index (χ3n) is 3.35. The Morgan fingerprint density at radius 1 is 1.72 bits per heavy atom. The normalized spacial score (nSPS) is 25.0. The Morgan fingerprint density at radius 2 is 2.56 bits per heavy atom. The molecule has 1 aromatic rings. The van der Waals surface area contributed by atoms with Crippen molar-refractivity contribution in [2.75, 3.05) is 13.7 Å². The molecule has 0 aromatic carbocycles. The van der Waals surface area contributed by atoms with Crippen LogP contribution in [-0.2, 0) is 9.53 Å². The molecule has 1 saturated heterocycles. The molecule has 0 bridgehead atoms. The van der Waals surface area contributed by atoms with Gasteiger partial charge in [-0.05, 0) is 24.3 Å². The molecule has 0 saturated carbocycles. The minimum atomic E-state index is -0.121. The topological polar surface area (TPSA) is 50.4 Å². The fraction of sp³-hybridized carbons (Fsp3) is 0.615. The van der Waals surface area contributed by atoms with Gasteiger partial charge in [0.2, 0.25) is 5.91 Å². The van der Waals surface area contributed by atoms with Crippen molar-refractivity contribution in [2.24, 2.45) is 0 Å². The molecule has 0 spiro atoms. The molecular formula is C13H20N2O2S. The van der Waals surface area contributed by atoms with Crippen molar-refractivity contribution in [3.8, 4) is 0 Å². The lowest BCUT2D eigenvalue weighted by Crippen LogP contribution is -2.41. The van der Waals surface area contributed by atoms with Crippen molar-refractivity contribution < 1.29 is 9.53 Å². The molecule has 5 heteroatoms. The second kappa shape index (κ2) is 6.31. The van der Waals surface area contributed by atoms with Crippen LogP contribution in [0, 0.1) is 0 Å². The SMILES string of the molecule is CCC(NC(=O)C1CC(OC)CN1)c1cccs1. The van der Waals surface area contributed by atoms with Crippen LogP contribution in [0.4, 0.5) is 0 Å². The summed E-state index contributed by atoms with van der Waals surface area (Å²) in [6, 6.07) is 4.09. The summed E-state index contributed by atoms with van der Waals surface area (Å²) >= 11 is 1.69. The fourth-order valence-electron chi connectivity index (χ4n) is 2.22. The molecule has 1 fully saturated rings. The molecular weight excluding hydrogens is 248 g/mol. The molecule has 1 amide bonds. The molecule has 0 aliphatic carbocycles. The van der Waals surface area contributed by atoms with Gasteiger partial charge in [0.15, 0.2) is 0 Å². The number of carbonyl (C=O) groups excluding carboxylic acids is 1. The maximum Gasteiger partial charge on any atom is 0.237 e. The summed E-state index contributed by atoms with van der Waals surface area (Å²) in [5.41, 5.74) is 0. The number of amides is 1. The maximum atomic E-state index is 12.1. The van der Waals surface area contributed by atoms with Crippen LogP contribution in [0.3, 0.4) is 0 Å². The van der Waals surface area contributed by atoms with E-state index >= 15 is 0 Å². The van der Waals surface area contributed by atoms with Gasteiger partial charge in [-0.3, -0.25) is 4.79 Å². The summed E-state index contributed by atoms with van der Waals surface area (Å²) < 4.78 is 5.25. The number of ether oxygens (including phenoxy) is 1. The van der Waals surface area contributed by atoms with Crippen LogP contribution < -0.4 is 10.6 Å². The number of rotatable bonds is 5. The van der Waals surface area contributed by atoms with Crippen molar-refractivity contribution in [2.45, 2.75) is 38.0 Å². The van der Waals surface area contributed by atoms with Gasteiger partial charge in [-0.2, -0.15) is 0 Å². The molecule has 2 rings (SSSR count). The van der Waals surface area contributed by atoms with E-state index in [0.29, 0.717) is 0 Å². The van der Waals surface area contributed by atoms with Crippen LogP contribution in [-0.4, -0.2) is 31.7 Å². The van der Waals surface area contributed by atoms with E-state index in [1.54, 1.807) is 18.4 Å². The highest BCUT2D eigenvalue weighted by molar-refractivity contribution is 7.10. The van der Waals surface area contributed by atoms with E-state index in [9.17, 15) is 4.79 Å². The second-order valence-corrected chi connectivity index (χ2v) is 5.52. The summed E-state index contributed by atoms with van der Waals surface area (Å²) in [4.78, 5) is 13.4. The monoisotopic (exact) mass is 268 g/mol. The summed E-state index contributed by atoms with van der Waals surface area (Å²) in [6.07, 6.45) is 1.82. The standard InChI is InChI=1S/C13H20N2O2S/c1-3-10(12-5-4-6-18-12)15-13(16)11-7-9(17-2)8-14-11/h4-6,9-11,14H,3,7-8H2,1-2H3,(H,15,16). The molecule has 0 radical (unpaired) electrons. The Labute approximate surface area is 112 Å². The Bertz CT molecular complexity index is 380. The van der Waals surface area contributed by atoms with Crippen LogP contribution in [0.25, 0.3) is 0 Å². The first-order valence-electron chi connectivity index (χ1n) is 6.34. The first kappa shape index (κ1) is 13.5. The van der Waals surface area contributed by atoms with Crippen molar-refractivity contribution in [3.63, 3.8) is 0 Å². The Hall–Kier alpha value is -0.910. The highest BCUT2D eigenvalue weighted by atomic mass is 32.1. The number of nitrogens with one attached hydrogen (secondary N) is 2. The predicted octanol–water partition coefficient (Wildman–Crippen LogP) is 1.69. The van der Waals surface area contributed by atoms with Crippen molar-refractivity contribution >= 4 is 17.2 Å². The van der Waals surface area contributed by atoms with Gasteiger partial charge in [0.25, 0.3) is 0 Å². The molecule has 2 N–H and O–H groups in total. The third-order valence-corrected chi connectivity index (χ3v) is 4.34. The summed E-state index contributed by atoms with van der Waals surface area (Å²) in [7, 11) is 1.69. The number of hydrogen-bond donors (Lipinski definition) is 2. The lowest BCUT2D eigenvalue weighted by atomic mass is 10.1. The predicted molar refractivity (Wildman–Crippen MR) is 72.7 cm³/mol. The fourth-order valence-corrected chi connectivity index (χ4v) is 3.08. The zero-order chi connectivity index (χ0) is 13.0. The van der Waals surface area contributed by atoms with Gasteiger partial charge < -0.3 is 15.4 Å². The van der Waals surface area contributed by atoms with E-state index in [1.165, 1.54) is 4.88 Å². The van der Waals surface area contributed by atoms with Gasteiger partial charge in [0.1, 0.15) is 0 Å². The average Bonchev–Trinajstić information content (AvgIpc) is 3.05. The highest BCUT2D eigenvalue weighted by Gasteiger charge is 2.30. The van der Waals surface area contributed by atoms with Gasteiger partial charge in [-0.1, -0.05) is 13.0 Å². The molecule has 2 heterocycles. The van der Waals surface area contributed by atoms with Gasteiger partial charge in [-0.25, -0.2) is 0 Å². The number of carbonyl (C=O) groups is 1. The van der Waals surface area contributed by atoms with Crippen LogP contribution in [0.1, 0.15) is 30.7 Å². The van der Waals surface area contributed by atoms with E-state index < -0.39 is 0 Å². The third kappa shape index (κ3) is 3.10. The first-order chi connectivity index (χ1) is 8.74. The summed E-state index contributed by atoms with van der Waals surface area (Å²) in [5.74, 6) is 0.0785. The maximum absolute atomic E-state index is 12.1. The van der Waals surface area contributed by atoms with Crippen LogP contribution >= 0.6 is 11.3 Å². The lowest BCUT2D eigenvalue weighted by molar-refractivity contribution is -0.123. The van der Waals surface area contributed by atoms with Gasteiger partial charge >= 0.3 is 0 Å². The molecule has 1 aliphatic rings. The van der Waals surface area contributed by atoms with E-state index in [4.69, 9.17) is 4.74 Å². The Balaban J connectivity index is 1.90. The Morgan fingerprint density at radius 3 is 3.11 bits per heavy atom. The first-order valence-corrected chi connectivity index (χ1v) is 7.22. The van der Waals surface area contributed by atoms with E-state index in [1.807, 2.05) is 11.4 Å². The minimum Gasteiger partial charge on any atom is -0.380 e. The van der Waals surface area contributed by atoms with E-state index in [-0.39, 0.29) is 24.1 Å². The number of thiophene rings is 1. The minimum absolute atomic E-state index is 0.0785. The molecule has 1 aliphatic heterocycles. The van der Waals surface area contributed by atoms with Crippen LogP contribution in [0.15, 0.2) is 17.5 Å². The molecule has 4 nitrogen and oxygen atoms in total. The van der Waals surface area contributed by atoms with Crippen LogP contribution in [0.2, 0.25) is 0 Å². The van der Waals surface area contributed by atoms with E-state index in [0.717, 1.165) is 19.4 Å². The Kier molecular flexibility index (Phi) is 4.74. The molecule has 18 heavy (non-hydrogen) atoms. The molecule has 3 atom stereocenters. The molecule has 1 aromatic heterocycles.